The van der Waals surface area contributed by atoms with Gasteiger partial charge >= 0.3 is 0 Å². The van der Waals surface area contributed by atoms with Crippen LogP contribution in [0.3, 0.4) is 0 Å². The number of nitrogen functional groups attached to an aromatic ring is 1. The number of hydrogen-bond acceptors (Lipinski definition) is 5. The Balaban J connectivity index is 2.19. The average Bonchev–Trinajstić information content (AvgIpc) is 2.42. The number of benzene rings is 1. The van der Waals surface area contributed by atoms with Crippen molar-refractivity contribution in [2.75, 3.05) is 12.3 Å². The second kappa shape index (κ2) is 6.04. The van der Waals surface area contributed by atoms with Crippen LogP contribution in [0, 0.1) is 0 Å². The summed E-state index contributed by atoms with van der Waals surface area (Å²) in [6.45, 7) is 4.57. The summed E-state index contributed by atoms with van der Waals surface area (Å²) < 4.78 is 11.1. The van der Waals surface area contributed by atoms with Crippen molar-refractivity contribution in [2.45, 2.75) is 20.3 Å². The molecule has 2 rings (SSSR count). The number of anilines is 1. The van der Waals surface area contributed by atoms with E-state index in [0.29, 0.717) is 24.1 Å². The minimum absolute atomic E-state index is 0.457. The standard InChI is InChI=1S/C14H17N3O2/c1-3-12-13(15)16-9-17-14(12)19-11-7-5-10(6-8-11)18-4-2/h5-9H,3-4H2,1-2H3,(H2,15,16,17). The first-order chi connectivity index (χ1) is 9.24. The van der Waals surface area contributed by atoms with E-state index in [1.807, 2.05) is 38.1 Å². The Bertz CT molecular complexity index is 541. The van der Waals surface area contributed by atoms with Gasteiger partial charge in [-0.25, -0.2) is 9.97 Å². The van der Waals surface area contributed by atoms with Crippen molar-refractivity contribution >= 4 is 5.82 Å². The number of aromatic nitrogens is 2. The molecule has 19 heavy (non-hydrogen) atoms. The van der Waals surface area contributed by atoms with Gasteiger partial charge in [-0.15, -0.1) is 0 Å². The second-order valence-corrected chi connectivity index (χ2v) is 3.90. The summed E-state index contributed by atoms with van der Waals surface area (Å²) in [6.07, 6.45) is 2.12. The average molecular weight is 259 g/mol. The molecule has 0 aliphatic rings. The first-order valence-corrected chi connectivity index (χ1v) is 6.24. The molecule has 2 aromatic rings. The van der Waals surface area contributed by atoms with Crippen LogP contribution in [0.4, 0.5) is 5.82 Å². The van der Waals surface area contributed by atoms with Crippen LogP contribution in [0.15, 0.2) is 30.6 Å². The van der Waals surface area contributed by atoms with Crippen LogP contribution in [0.5, 0.6) is 17.4 Å². The van der Waals surface area contributed by atoms with Crippen molar-refractivity contribution in [3.63, 3.8) is 0 Å². The van der Waals surface area contributed by atoms with Gasteiger partial charge in [0.2, 0.25) is 5.88 Å². The second-order valence-electron chi connectivity index (χ2n) is 3.90. The first-order valence-electron chi connectivity index (χ1n) is 6.24. The van der Waals surface area contributed by atoms with E-state index in [0.717, 1.165) is 17.7 Å². The van der Waals surface area contributed by atoms with Crippen LogP contribution in [0.25, 0.3) is 0 Å². The van der Waals surface area contributed by atoms with E-state index < -0.39 is 0 Å². The third kappa shape index (κ3) is 3.13. The lowest BCUT2D eigenvalue weighted by molar-refractivity contribution is 0.339. The third-order valence-corrected chi connectivity index (χ3v) is 2.64. The maximum absolute atomic E-state index is 5.80. The van der Waals surface area contributed by atoms with Crippen LogP contribution >= 0.6 is 0 Å². The van der Waals surface area contributed by atoms with Gasteiger partial charge in [0.1, 0.15) is 23.6 Å². The van der Waals surface area contributed by atoms with Crippen LogP contribution in [-0.2, 0) is 6.42 Å². The molecule has 0 atom stereocenters. The fourth-order valence-electron chi connectivity index (χ4n) is 1.71. The largest absolute Gasteiger partial charge is 0.494 e. The molecule has 0 bridgehead atoms. The van der Waals surface area contributed by atoms with E-state index in [1.54, 1.807) is 0 Å². The van der Waals surface area contributed by atoms with Gasteiger partial charge < -0.3 is 15.2 Å². The Kier molecular flexibility index (Phi) is 4.18. The van der Waals surface area contributed by atoms with Gasteiger partial charge in [-0.1, -0.05) is 6.92 Å². The molecule has 0 saturated carbocycles. The minimum atomic E-state index is 0.457. The van der Waals surface area contributed by atoms with Gasteiger partial charge in [-0.2, -0.15) is 0 Å². The van der Waals surface area contributed by atoms with Crippen molar-refractivity contribution < 1.29 is 9.47 Å². The molecule has 0 saturated heterocycles. The summed E-state index contributed by atoms with van der Waals surface area (Å²) in [6, 6.07) is 7.38. The van der Waals surface area contributed by atoms with Gasteiger partial charge in [-0.3, -0.25) is 0 Å². The molecule has 0 amide bonds. The maximum Gasteiger partial charge on any atom is 0.227 e. The lowest BCUT2D eigenvalue weighted by Crippen LogP contribution is -2.01. The molecule has 1 aromatic carbocycles. The molecule has 1 aromatic heterocycles. The highest BCUT2D eigenvalue weighted by atomic mass is 16.5. The van der Waals surface area contributed by atoms with E-state index in [4.69, 9.17) is 15.2 Å². The number of nitrogens with zero attached hydrogens (tertiary/aromatic N) is 2. The summed E-state index contributed by atoms with van der Waals surface area (Å²) in [5.41, 5.74) is 6.61. The molecule has 0 spiro atoms. The highest BCUT2D eigenvalue weighted by molar-refractivity contribution is 5.46. The van der Waals surface area contributed by atoms with Crippen molar-refractivity contribution in [2.24, 2.45) is 0 Å². The fourth-order valence-corrected chi connectivity index (χ4v) is 1.71. The Morgan fingerprint density at radius 3 is 2.37 bits per heavy atom. The van der Waals surface area contributed by atoms with E-state index >= 15 is 0 Å². The zero-order valence-electron chi connectivity index (χ0n) is 11.1. The van der Waals surface area contributed by atoms with Gasteiger partial charge in [0, 0.05) is 0 Å². The summed E-state index contributed by atoms with van der Waals surface area (Å²) in [5.74, 6) is 2.46. The van der Waals surface area contributed by atoms with Gasteiger partial charge in [0.25, 0.3) is 0 Å². The number of nitrogens with two attached hydrogens (primary N) is 1. The number of rotatable bonds is 5. The molecule has 0 fully saturated rings. The molecular formula is C14H17N3O2. The maximum atomic E-state index is 5.80. The van der Waals surface area contributed by atoms with Crippen molar-refractivity contribution in [3.8, 4) is 17.4 Å². The summed E-state index contributed by atoms with van der Waals surface area (Å²) in [7, 11) is 0. The molecular weight excluding hydrogens is 242 g/mol. The van der Waals surface area contributed by atoms with Crippen molar-refractivity contribution in [1.29, 1.82) is 0 Å². The Morgan fingerprint density at radius 1 is 1.05 bits per heavy atom. The number of hydrogen-bond donors (Lipinski definition) is 1. The Labute approximate surface area is 112 Å². The summed E-state index contributed by atoms with van der Waals surface area (Å²) in [4.78, 5) is 8.08. The fraction of sp³-hybridized carbons (Fsp3) is 0.286. The van der Waals surface area contributed by atoms with E-state index in [2.05, 4.69) is 9.97 Å². The van der Waals surface area contributed by atoms with Crippen LogP contribution in [0.1, 0.15) is 19.4 Å². The predicted octanol–water partition coefficient (Wildman–Crippen LogP) is 2.81. The zero-order valence-corrected chi connectivity index (χ0v) is 11.1. The zero-order chi connectivity index (χ0) is 13.7. The van der Waals surface area contributed by atoms with E-state index in [-0.39, 0.29) is 0 Å². The summed E-state index contributed by atoms with van der Waals surface area (Å²) in [5, 5.41) is 0. The molecule has 5 nitrogen and oxygen atoms in total. The van der Waals surface area contributed by atoms with Gasteiger partial charge in [0.05, 0.1) is 12.2 Å². The molecule has 0 unspecified atom stereocenters. The quantitative estimate of drug-likeness (QED) is 0.894. The van der Waals surface area contributed by atoms with Crippen molar-refractivity contribution in [1.82, 2.24) is 9.97 Å². The van der Waals surface area contributed by atoms with Gasteiger partial charge in [-0.05, 0) is 37.6 Å². The van der Waals surface area contributed by atoms with E-state index in [9.17, 15) is 0 Å². The molecule has 0 aliphatic carbocycles. The van der Waals surface area contributed by atoms with Crippen molar-refractivity contribution in [3.05, 3.63) is 36.2 Å². The molecule has 100 valence electrons. The highest BCUT2D eigenvalue weighted by Gasteiger charge is 2.09. The first kappa shape index (κ1) is 13.1. The highest BCUT2D eigenvalue weighted by Crippen LogP contribution is 2.27. The molecule has 0 radical (unpaired) electrons. The number of ether oxygens (including phenoxy) is 2. The summed E-state index contributed by atoms with van der Waals surface area (Å²) >= 11 is 0. The lowest BCUT2D eigenvalue weighted by Gasteiger charge is -2.10. The van der Waals surface area contributed by atoms with E-state index in [1.165, 1.54) is 6.33 Å². The SMILES string of the molecule is CCOc1ccc(Oc2ncnc(N)c2CC)cc1. The topological polar surface area (TPSA) is 70.3 Å². The predicted molar refractivity (Wildman–Crippen MR) is 73.5 cm³/mol. The van der Waals surface area contributed by atoms with Gasteiger partial charge in [0.15, 0.2) is 0 Å². The lowest BCUT2D eigenvalue weighted by atomic mass is 10.2. The molecule has 2 N–H and O–H groups in total. The van der Waals surface area contributed by atoms with Crippen LogP contribution in [-0.4, -0.2) is 16.6 Å². The third-order valence-electron chi connectivity index (χ3n) is 2.64. The van der Waals surface area contributed by atoms with Crippen LogP contribution < -0.4 is 15.2 Å². The molecule has 5 heteroatoms. The Morgan fingerprint density at radius 2 is 1.74 bits per heavy atom. The monoisotopic (exact) mass is 259 g/mol. The minimum Gasteiger partial charge on any atom is -0.494 e. The molecule has 1 heterocycles. The van der Waals surface area contributed by atoms with Crippen LogP contribution in [0.2, 0.25) is 0 Å². The normalized spacial score (nSPS) is 10.2. The smallest absolute Gasteiger partial charge is 0.227 e. The Hall–Kier alpha value is -2.30. The molecule has 0 aliphatic heterocycles.